The highest BCUT2D eigenvalue weighted by molar-refractivity contribution is 9.10. The first-order valence-corrected chi connectivity index (χ1v) is 6.98. The van der Waals surface area contributed by atoms with Crippen LogP contribution in [-0.4, -0.2) is 0 Å². The summed E-state index contributed by atoms with van der Waals surface area (Å²) < 4.78 is 14.1. The van der Waals surface area contributed by atoms with Crippen molar-refractivity contribution in [2.24, 2.45) is 5.73 Å². The Kier molecular flexibility index (Phi) is 3.97. The maximum Gasteiger partial charge on any atom is 0.123 e. The molecule has 0 saturated heterocycles. The Morgan fingerprint density at radius 3 is 2.76 bits per heavy atom. The van der Waals surface area contributed by atoms with E-state index in [1.54, 1.807) is 17.4 Å². The molecule has 1 aromatic heterocycles. The number of hydrogen-bond donors (Lipinski definition) is 1. The minimum Gasteiger partial charge on any atom is -0.324 e. The van der Waals surface area contributed by atoms with Gasteiger partial charge in [0.25, 0.3) is 0 Å². The molecule has 0 amide bonds. The van der Waals surface area contributed by atoms with Crippen LogP contribution < -0.4 is 5.73 Å². The normalized spacial score (nSPS) is 12.7. The fourth-order valence-electron chi connectivity index (χ4n) is 1.84. The van der Waals surface area contributed by atoms with E-state index in [1.807, 2.05) is 18.4 Å². The molecule has 0 radical (unpaired) electrons. The van der Waals surface area contributed by atoms with E-state index in [2.05, 4.69) is 15.9 Å². The lowest BCUT2D eigenvalue weighted by Crippen LogP contribution is -2.14. The lowest BCUT2D eigenvalue weighted by molar-refractivity contribution is 0.622. The number of benzene rings is 1. The maximum atomic E-state index is 13.0. The maximum absolute atomic E-state index is 13.0. The largest absolute Gasteiger partial charge is 0.324 e. The Labute approximate surface area is 113 Å². The highest BCUT2D eigenvalue weighted by atomic mass is 79.9. The van der Waals surface area contributed by atoms with Crippen LogP contribution in [-0.2, 0) is 6.42 Å². The van der Waals surface area contributed by atoms with Crippen molar-refractivity contribution in [3.8, 4) is 0 Å². The molecule has 2 aromatic rings. The Balaban J connectivity index is 2.20. The molecule has 4 heteroatoms. The van der Waals surface area contributed by atoms with Crippen LogP contribution in [0.2, 0.25) is 0 Å². The first-order chi connectivity index (χ1) is 8.08. The van der Waals surface area contributed by atoms with Gasteiger partial charge in [0.15, 0.2) is 0 Å². The van der Waals surface area contributed by atoms with Crippen molar-refractivity contribution in [1.82, 2.24) is 0 Å². The fraction of sp³-hybridized carbons (Fsp3) is 0.231. The van der Waals surface area contributed by atoms with Gasteiger partial charge in [-0.1, -0.05) is 6.07 Å². The first-order valence-electron chi connectivity index (χ1n) is 5.31. The van der Waals surface area contributed by atoms with Gasteiger partial charge in [-0.05, 0) is 57.6 Å². The highest BCUT2D eigenvalue weighted by Gasteiger charge is 2.12. The first kappa shape index (κ1) is 12.7. The number of hydrogen-bond acceptors (Lipinski definition) is 2. The van der Waals surface area contributed by atoms with Crippen LogP contribution in [0.15, 0.2) is 34.1 Å². The summed E-state index contributed by atoms with van der Waals surface area (Å²) in [5.74, 6) is -0.212. The predicted octanol–water partition coefficient (Wildman–Crippen LogP) is 4.20. The Hall–Kier alpha value is -0.710. The Morgan fingerprint density at radius 2 is 2.18 bits per heavy atom. The van der Waals surface area contributed by atoms with Crippen molar-refractivity contribution in [3.63, 3.8) is 0 Å². The van der Waals surface area contributed by atoms with E-state index < -0.39 is 0 Å². The van der Waals surface area contributed by atoms with Gasteiger partial charge in [0, 0.05) is 21.8 Å². The molecule has 1 heterocycles. The highest BCUT2D eigenvalue weighted by Crippen LogP contribution is 2.28. The van der Waals surface area contributed by atoms with Gasteiger partial charge in [0.1, 0.15) is 5.82 Å². The van der Waals surface area contributed by atoms with Crippen molar-refractivity contribution in [1.29, 1.82) is 0 Å². The van der Waals surface area contributed by atoms with Crippen molar-refractivity contribution < 1.29 is 4.39 Å². The summed E-state index contributed by atoms with van der Waals surface area (Å²) in [6.45, 7) is 1.89. The molecule has 17 heavy (non-hydrogen) atoms. The molecule has 90 valence electrons. The van der Waals surface area contributed by atoms with Crippen molar-refractivity contribution >= 4 is 27.3 Å². The number of halogens is 2. The summed E-state index contributed by atoms with van der Waals surface area (Å²) in [6.07, 6.45) is 0.769. The van der Waals surface area contributed by atoms with Gasteiger partial charge in [0.2, 0.25) is 0 Å². The average molecular weight is 314 g/mol. The second-order valence-corrected chi connectivity index (χ2v) is 5.86. The summed E-state index contributed by atoms with van der Waals surface area (Å²) in [4.78, 5) is 1.22. The molecule has 2 N–H and O–H groups in total. The predicted molar refractivity (Wildman–Crippen MR) is 73.8 cm³/mol. The van der Waals surface area contributed by atoms with Crippen molar-refractivity contribution in [2.45, 2.75) is 19.4 Å². The topological polar surface area (TPSA) is 26.0 Å². The van der Waals surface area contributed by atoms with Crippen LogP contribution in [0.3, 0.4) is 0 Å². The van der Waals surface area contributed by atoms with Crippen LogP contribution in [0.4, 0.5) is 4.39 Å². The van der Waals surface area contributed by atoms with Crippen LogP contribution in [0, 0.1) is 12.7 Å². The van der Waals surface area contributed by atoms with Crippen LogP contribution >= 0.6 is 27.3 Å². The Morgan fingerprint density at radius 1 is 1.41 bits per heavy atom. The van der Waals surface area contributed by atoms with E-state index in [1.165, 1.54) is 17.0 Å². The van der Waals surface area contributed by atoms with E-state index in [0.29, 0.717) is 0 Å². The monoisotopic (exact) mass is 313 g/mol. The zero-order valence-electron chi connectivity index (χ0n) is 9.41. The molecule has 0 aliphatic rings. The lowest BCUT2D eigenvalue weighted by Gasteiger charge is -2.14. The van der Waals surface area contributed by atoms with E-state index in [9.17, 15) is 4.39 Å². The zero-order valence-corrected chi connectivity index (χ0v) is 11.8. The molecule has 0 aliphatic heterocycles. The molecule has 1 aromatic carbocycles. The van der Waals surface area contributed by atoms with Gasteiger partial charge in [-0.25, -0.2) is 4.39 Å². The molecular weight excluding hydrogens is 301 g/mol. The molecular formula is C13H13BrFNS. The number of rotatable bonds is 3. The van der Waals surface area contributed by atoms with Gasteiger partial charge >= 0.3 is 0 Å². The summed E-state index contributed by atoms with van der Waals surface area (Å²) in [6, 6.07) is 6.69. The van der Waals surface area contributed by atoms with Gasteiger partial charge in [-0.15, -0.1) is 11.3 Å². The Bertz CT molecular complexity index is 524. The summed E-state index contributed by atoms with van der Waals surface area (Å²) in [5.41, 5.74) is 8.08. The summed E-state index contributed by atoms with van der Waals surface area (Å²) >= 11 is 5.17. The quantitative estimate of drug-likeness (QED) is 0.903. The van der Waals surface area contributed by atoms with E-state index in [0.717, 1.165) is 22.0 Å². The molecule has 0 aliphatic carbocycles. The second-order valence-electron chi connectivity index (χ2n) is 4.00. The third kappa shape index (κ3) is 2.94. The molecule has 0 saturated carbocycles. The number of thiophene rings is 1. The van der Waals surface area contributed by atoms with E-state index in [-0.39, 0.29) is 11.9 Å². The van der Waals surface area contributed by atoms with E-state index in [4.69, 9.17) is 5.73 Å². The molecule has 0 spiro atoms. The molecule has 0 bridgehead atoms. The van der Waals surface area contributed by atoms with Crippen LogP contribution in [0.25, 0.3) is 0 Å². The molecule has 1 nitrogen and oxygen atoms in total. The SMILES string of the molecule is Cc1cc(F)ccc1C(N)Cc1sccc1Br. The number of aryl methyl sites for hydroxylation is 1. The van der Waals surface area contributed by atoms with Crippen LogP contribution in [0.1, 0.15) is 22.0 Å². The average Bonchev–Trinajstić information content (AvgIpc) is 2.64. The smallest absolute Gasteiger partial charge is 0.123 e. The van der Waals surface area contributed by atoms with E-state index >= 15 is 0 Å². The van der Waals surface area contributed by atoms with Gasteiger partial charge in [0.05, 0.1) is 0 Å². The third-order valence-electron chi connectivity index (χ3n) is 2.73. The van der Waals surface area contributed by atoms with Crippen molar-refractivity contribution in [3.05, 3.63) is 55.9 Å². The van der Waals surface area contributed by atoms with Gasteiger partial charge in [-0.3, -0.25) is 0 Å². The van der Waals surface area contributed by atoms with Gasteiger partial charge in [-0.2, -0.15) is 0 Å². The summed E-state index contributed by atoms with van der Waals surface area (Å²) in [5, 5.41) is 2.03. The molecule has 2 rings (SSSR count). The standard InChI is InChI=1S/C13H13BrFNS/c1-8-6-9(15)2-3-10(8)12(16)7-13-11(14)4-5-17-13/h2-6,12H,7,16H2,1H3. The third-order valence-corrected chi connectivity index (χ3v) is 4.68. The lowest BCUT2D eigenvalue weighted by atomic mass is 9.99. The van der Waals surface area contributed by atoms with Crippen LogP contribution in [0.5, 0.6) is 0 Å². The molecule has 1 atom stereocenters. The minimum absolute atomic E-state index is 0.0921. The second kappa shape index (κ2) is 5.29. The molecule has 1 unspecified atom stereocenters. The minimum atomic E-state index is -0.212. The number of nitrogens with two attached hydrogens (primary N) is 1. The van der Waals surface area contributed by atoms with Gasteiger partial charge < -0.3 is 5.73 Å². The molecule has 0 fully saturated rings. The fourth-order valence-corrected chi connectivity index (χ4v) is 3.41. The zero-order chi connectivity index (χ0) is 12.4. The van der Waals surface area contributed by atoms with Crippen molar-refractivity contribution in [2.75, 3.05) is 0 Å². The summed E-state index contributed by atoms with van der Waals surface area (Å²) in [7, 11) is 0.